The topological polar surface area (TPSA) is 49.4 Å². The molecule has 0 amide bonds. The van der Waals surface area contributed by atoms with E-state index in [1.807, 2.05) is 18.2 Å². The summed E-state index contributed by atoms with van der Waals surface area (Å²) in [5.74, 6) is 0. The van der Waals surface area contributed by atoms with Crippen molar-refractivity contribution in [2.24, 2.45) is 0 Å². The zero-order chi connectivity index (χ0) is 9.31. The lowest BCUT2D eigenvalue weighted by Crippen LogP contribution is -2.29. The first-order valence-corrected chi connectivity index (χ1v) is 5.46. The molecular weight excluding hydrogens is 188 g/mol. The van der Waals surface area contributed by atoms with Crippen molar-refractivity contribution in [3.05, 3.63) is 30.3 Å². The van der Waals surface area contributed by atoms with Crippen LogP contribution in [0.15, 0.2) is 30.3 Å². The predicted octanol–water partition coefficient (Wildman–Crippen LogP) is 0.341. The molecule has 0 saturated carbocycles. The third-order valence-corrected chi connectivity index (χ3v) is 3.48. The molecule has 1 heterocycles. The van der Waals surface area contributed by atoms with Crippen LogP contribution in [0.4, 0.5) is 5.69 Å². The fraction of sp³-hybridized carbons (Fsp3) is 0.250. The lowest BCUT2D eigenvalue weighted by Gasteiger charge is -2.14. The van der Waals surface area contributed by atoms with Crippen LogP contribution in [0.5, 0.6) is 0 Å². The summed E-state index contributed by atoms with van der Waals surface area (Å²) < 4.78 is 26.6. The minimum atomic E-state index is -3.26. The summed E-state index contributed by atoms with van der Waals surface area (Å²) in [4.78, 5) is 0. The van der Waals surface area contributed by atoms with E-state index in [0.717, 1.165) is 0 Å². The maximum absolute atomic E-state index is 11.4. The molecule has 0 spiro atoms. The lowest BCUT2D eigenvalue weighted by molar-refractivity contribution is 0.592. The third kappa shape index (κ3) is 1.52. The quantitative estimate of drug-likeness (QED) is 0.707. The molecular formula is C8H10N2O2S. The number of rotatable bonds is 1. The van der Waals surface area contributed by atoms with Gasteiger partial charge in [-0.25, -0.2) is 0 Å². The Kier molecular flexibility index (Phi) is 1.97. The van der Waals surface area contributed by atoms with Crippen molar-refractivity contribution in [3.63, 3.8) is 0 Å². The van der Waals surface area contributed by atoms with E-state index in [-0.39, 0.29) is 0 Å². The predicted molar refractivity (Wildman–Crippen MR) is 50.7 cm³/mol. The molecule has 0 aliphatic carbocycles. The van der Waals surface area contributed by atoms with Gasteiger partial charge in [0.1, 0.15) is 0 Å². The van der Waals surface area contributed by atoms with Crippen LogP contribution in [-0.4, -0.2) is 21.5 Å². The van der Waals surface area contributed by atoms with Gasteiger partial charge in [0.25, 0.3) is 0 Å². The van der Waals surface area contributed by atoms with E-state index in [1.54, 1.807) is 12.1 Å². The molecule has 2 rings (SSSR count). The van der Waals surface area contributed by atoms with Crippen molar-refractivity contribution < 1.29 is 8.42 Å². The van der Waals surface area contributed by atoms with Gasteiger partial charge < -0.3 is 0 Å². The number of anilines is 1. The average molecular weight is 198 g/mol. The van der Waals surface area contributed by atoms with Gasteiger partial charge in [0.15, 0.2) is 0 Å². The van der Waals surface area contributed by atoms with Gasteiger partial charge in [-0.2, -0.15) is 13.1 Å². The Morgan fingerprint density at radius 2 is 1.92 bits per heavy atom. The van der Waals surface area contributed by atoms with E-state index in [2.05, 4.69) is 4.72 Å². The zero-order valence-corrected chi connectivity index (χ0v) is 7.79. The summed E-state index contributed by atoms with van der Waals surface area (Å²) in [6.45, 7) is 0.990. The van der Waals surface area contributed by atoms with Crippen LogP contribution in [0, 0.1) is 0 Å². The number of nitrogens with one attached hydrogen (secondary N) is 1. The van der Waals surface area contributed by atoms with Gasteiger partial charge in [0.2, 0.25) is 0 Å². The molecule has 0 unspecified atom stereocenters. The smallest absolute Gasteiger partial charge is 0.257 e. The molecule has 0 aromatic heterocycles. The maximum atomic E-state index is 11.4. The summed E-state index contributed by atoms with van der Waals surface area (Å²) in [5, 5.41) is 0. The minimum Gasteiger partial charge on any atom is -0.257 e. The standard InChI is InChI=1S/C8H10N2O2S/c11-13(12)9-6-7-10(13)8-4-2-1-3-5-8/h1-5,9H,6-7H2. The Balaban J connectivity index is 2.38. The fourth-order valence-electron chi connectivity index (χ4n) is 1.34. The van der Waals surface area contributed by atoms with E-state index in [4.69, 9.17) is 0 Å². The second kappa shape index (κ2) is 3.01. The van der Waals surface area contributed by atoms with Gasteiger partial charge in [0.05, 0.1) is 5.69 Å². The van der Waals surface area contributed by atoms with Gasteiger partial charge in [-0.05, 0) is 12.1 Å². The number of benzene rings is 1. The molecule has 1 fully saturated rings. The minimum absolute atomic E-state index is 0.483. The SMILES string of the molecule is O=S1(=O)NCCN1c1ccccc1. The van der Waals surface area contributed by atoms with Crippen molar-refractivity contribution in [1.29, 1.82) is 0 Å². The highest BCUT2D eigenvalue weighted by atomic mass is 32.2. The van der Waals surface area contributed by atoms with Crippen molar-refractivity contribution in [2.45, 2.75) is 0 Å². The van der Waals surface area contributed by atoms with Gasteiger partial charge in [0, 0.05) is 13.1 Å². The van der Waals surface area contributed by atoms with E-state index < -0.39 is 10.2 Å². The summed E-state index contributed by atoms with van der Waals surface area (Å²) in [6.07, 6.45) is 0. The van der Waals surface area contributed by atoms with Crippen LogP contribution in [0.3, 0.4) is 0 Å². The highest BCUT2D eigenvalue weighted by Crippen LogP contribution is 2.18. The van der Waals surface area contributed by atoms with Crippen LogP contribution in [0.1, 0.15) is 0 Å². The Hall–Kier alpha value is -1.07. The first-order chi connectivity index (χ1) is 6.20. The van der Waals surface area contributed by atoms with Crippen molar-refractivity contribution in [2.75, 3.05) is 17.4 Å². The normalized spacial score (nSPS) is 20.5. The summed E-state index contributed by atoms with van der Waals surface area (Å²) in [7, 11) is -3.26. The molecule has 0 atom stereocenters. The third-order valence-electron chi connectivity index (χ3n) is 1.93. The van der Waals surface area contributed by atoms with Gasteiger partial charge in [-0.1, -0.05) is 18.2 Å². The second-order valence-corrected chi connectivity index (χ2v) is 4.49. The molecule has 5 heteroatoms. The molecule has 1 aromatic rings. The van der Waals surface area contributed by atoms with Gasteiger partial charge >= 0.3 is 10.2 Å². The molecule has 1 aliphatic heterocycles. The highest BCUT2D eigenvalue weighted by molar-refractivity contribution is 7.91. The van der Waals surface area contributed by atoms with Crippen LogP contribution in [0.25, 0.3) is 0 Å². The molecule has 1 N–H and O–H groups in total. The summed E-state index contributed by atoms with van der Waals surface area (Å²) in [6, 6.07) is 9.07. The van der Waals surface area contributed by atoms with Gasteiger partial charge in [-0.3, -0.25) is 4.31 Å². The number of para-hydroxylation sites is 1. The van der Waals surface area contributed by atoms with Crippen molar-refractivity contribution in [3.8, 4) is 0 Å². The number of nitrogens with zero attached hydrogens (tertiary/aromatic N) is 1. The molecule has 1 saturated heterocycles. The molecule has 0 bridgehead atoms. The molecule has 13 heavy (non-hydrogen) atoms. The Labute approximate surface area is 77.4 Å². The Morgan fingerprint density at radius 3 is 2.46 bits per heavy atom. The van der Waals surface area contributed by atoms with Crippen LogP contribution in [0.2, 0.25) is 0 Å². The monoisotopic (exact) mass is 198 g/mol. The van der Waals surface area contributed by atoms with Crippen LogP contribution >= 0.6 is 0 Å². The Bertz CT molecular complexity index is 388. The zero-order valence-electron chi connectivity index (χ0n) is 6.97. The fourth-order valence-corrected chi connectivity index (χ4v) is 2.57. The summed E-state index contributed by atoms with van der Waals surface area (Å²) in [5.41, 5.74) is 0.715. The number of hydrogen-bond donors (Lipinski definition) is 1. The molecule has 4 nitrogen and oxygen atoms in total. The molecule has 1 aliphatic rings. The maximum Gasteiger partial charge on any atom is 0.301 e. The second-order valence-electron chi connectivity index (χ2n) is 2.81. The first kappa shape index (κ1) is 8.52. The van der Waals surface area contributed by atoms with Crippen molar-refractivity contribution >= 4 is 15.9 Å². The van der Waals surface area contributed by atoms with E-state index in [1.165, 1.54) is 4.31 Å². The first-order valence-electron chi connectivity index (χ1n) is 4.02. The molecule has 0 radical (unpaired) electrons. The Morgan fingerprint density at radius 1 is 1.23 bits per heavy atom. The van der Waals surface area contributed by atoms with Crippen molar-refractivity contribution in [1.82, 2.24) is 4.72 Å². The van der Waals surface area contributed by atoms with Crippen LogP contribution < -0.4 is 9.03 Å². The van der Waals surface area contributed by atoms with E-state index >= 15 is 0 Å². The van der Waals surface area contributed by atoms with Crippen LogP contribution in [-0.2, 0) is 10.2 Å². The van der Waals surface area contributed by atoms with Gasteiger partial charge in [-0.15, -0.1) is 0 Å². The molecule has 70 valence electrons. The highest BCUT2D eigenvalue weighted by Gasteiger charge is 2.27. The lowest BCUT2D eigenvalue weighted by atomic mass is 10.3. The number of hydrogen-bond acceptors (Lipinski definition) is 2. The van der Waals surface area contributed by atoms with E-state index in [0.29, 0.717) is 18.8 Å². The largest absolute Gasteiger partial charge is 0.301 e. The van der Waals surface area contributed by atoms with E-state index in [9.17, 15) is 8.42 Å². The molecule has 1 aromatic carbocycles. The summed E-state index contributed by atoms with van der Waals surface area (Å²) >= 11 is 0. The average Bonchev–Trinajstić information content (AvgIpc) is 2.47.